The first-order valence-corrected chi connectivity index (χ1v) is 10.3. The van der Waals surface area contributed by atoms with Crippen molar-refractivity contribution in [1.82, 2.24) is 4.98 Å². The standard InChI is InChI=1S/C19H18N4OS2/c1-11(2)23-8-7-12-13(9-20)18(26-16(12)10-23)22-17(24)19-21-14-5-3-4-6-15(14)25-19/h3-6,11H,7-8,10H2,1-2H3,(H,22,24)/p+1. The summed E-state index contributed by atoms with van der Waals surface area (Å²) < 4.78 is 0.986. The van der Waals surface area contributed by atoms with Gasteiger partial charge in [-0.1, -0.05) is 12.1 Å². The lowest BCUT2D eigenvalue weighted by Gasteiger charge is -2.27. The Hall–Kier alpha value is -2.27. The van der Waals surface area contributed by atoms with E-state index in [1.807, 2.05) is 24.3 Å². The van der Waals surface area contributed by atoms with Gasteiger partial charge in [-0.05, 0) is 31.5 Å². The molecule has 0 saturated carbocycles. The number of thiazole rings is 1. The van der Waals surface area contributed by atoms with Crippen LogP contribution in [0, 0.1) is 11.3 Å². The number of anilines is 1. The number of hydrogen-bond donors (Lipinski definition) is 2. The summed E-state index contributed by atoms with van der Waals surface area (Å²) >= 11 is 2.91. The van der Waals surface area contributed by atoms with Gasteiger partial charge in [-0.3, -0.25) is 4.79 Å². The van der Waals surface area contributed by atoms with Crippen LogP contribution in [0.4, 0.5) is 5.00 Å². The number of carbonyl (C=O) groups is 1. The van der Waals surface area contributed by atoms with Crippen LogP contribution in [0.2, 0.25) is 0 Å². The predicted octanol–water partition coefficient (Wildman–Crippen LogP) is 2.83. The number of nitrogens with zero attached hydrogens (tertiary/aromatic N) is 2. The number of rotatable bonds is 3. The molecular formula is C19H19N4OS2+. The highest BCUT2D eigenvalue weighted by atomic mass is 32.1. The molecule has 3 aromatic rings. The zero-order valence-electron chi connectivity index (χ0n) is 14.6. The summed E-state index contributed by atoms with van der Waals surface area (Å²) in [6.45, 7) is 6.38. The average Bonchev–Trinajstić information content (AvgIpc) is 3.21. The van der Waals surface area contributed by atoms with E-state index in [0.29, 0.717) is 21.6 Å². The van der Waals surface area contributed by atoms with Crippen molar-refractivity contribution < 1.29 is 9.69 Å². The third-order valence-electron chi connectivity index (χ3n) is 4.82. The first-order valence-electron chi connectivity index (χ1n) is 8.63. The second-order valence-corrected chi connectivity index (χ2v) is 8.89. The van der Waals surface area contributed by atoms with Gasteiger partial charge < -0.3 is 10.2 Å². The summed E-state index contributed by atoms with van der Waals surface area (Å²) in [5, 5.41) is 13.6. The number of fused-ring (bicyclic) bond motifs is 2. The van der Waals surface area contributed by atoms with Gasteiger partial charge in [0.1, 0.15) is 17.6 Å². The van der Waals surface area contributed by atoms with Gasteiger partial charge in [-0.2, -0.15) is 5.26 Å². The molecule has 2 aromatic heterocycles. The summed E-state index contributed by atoms with van der Waals surface area (Å²) in [6, 6.07) is 10.6. The SMILES string of the molecule is CC(C)[NH+]1CCc2c(sc(NC(=O)c3nc4ccccc4s3)c2C#N)C1. The Morgan fingerprint density at radius 3 is 2.88 bits per heavy atom. The highest BCUT2D eigenvalue weighted by Gasteiger charge is 2.29. The molecule has 0 saturated heterocycles. The van der Waals surface area contributed by atoms with Crippen molar-refractivity contribution in [3.8, 4) is 6.07 Å². The van der Waals surface area contributed by atoms with E-state index in [-0.39, 0.29) is 5.91 Å². The van der Waals surface area contributed by atoms with Crippen molar-refractivity contribution in [2.24, 2.45) is 0 Å². The third kappa shape index (κ3) is 3.01. The molecule has 1 aromatic carbocycles. The van der Waals surface area contributed by atoms with Crippen LogP contribution >= 0.6 is 22.7 Å². The molecule has 1 unspecified atom stereocenters. The van der Waals surface area contributed by atoms with Gasteiger partial charge in [-0.25, -0.2) is 4.98 Å². The number of thiophene rings is 1. The first kappa shape index (κ1) is 17.2. The molecule has 1 aliphatic heterocycles. The number of benzene rings is 1. The predicted molar refractivity (Wildman–Crippen MR) is 105 cm³/mol. The Morgan fingerprint density at radius 2 is 2.15 bits per heavy atom. The van der Waals surface area contributed by atoms with E-state index in [9.17, 15) is 10.1 Å². The maximum atomic E-state index is 12.7. The fourth-order valence-corrected chi connectivity index (χ4v) is 5.43. The molecular weight excluding hydrogens is 364 g/mol. The smallest absolute Gasteiger partial charge is 0.285 e. The van der Waals surface area contributed by atoms with Crippen LogP contribution in [-0.2, 0) is 13.0 Å². The number of carbonyl (C=O) groups excluding carboxylic acids is 1. The van der Waals surface area contributed by atoms with Crippen LogP contribution in [0.3, 0.4) is 0 Å². The van der Waals surface area contributed by atoms with Crippen molar-refractivity contribution in [3.63, 3.8) is 0 Å². The zero-order valence-corrected chi connectivity index (χ0v) is 16.3. The summed E-state index contributed by atoms with van der Waals surface area (Å²) in [7, 11) is 0. The van der Waals surface area contributed by atoms with Gasteiger partial charge in [0.25, 0.3) is 5.91 Å². The fourth-order valence-electron chi connectivity index (χ4n) is 3.32. The number of para-hydroxylation sites is 1. The van der Waals surface area contributed by atoms with Gasteiger partial charge in [-0.15, -0.1) is 22.7 Å². The monoisotopic (exact) mass is 383 g/mol. The molecule has 0 bridgehead atoms. The molecule has 132 valence electrons. The minimum absolute atomic E-state index is 0.241. The number of nitrogens with one attached hydrogen (secondary N) is 2. The van der Waals surface area contributed by atoms with E-state index in [1.54, 1.807) is 0 Å². The van der Waals surface area contributed by atoms with E-state index >= 15 is 0 Å². The number of quaternary nitrogens is 1. The molecule has 1 atom stereocenters. The lowest BCUT2D eigenvalue weighted by Crippen LogP contribution is -3.14. The van der Waals surface area contributed by atoms with Crippen LogP contribution in [0.25, 0.3) is 10.2 Å². The fraction of sp³-hybridized carbons (Fsp3) is 0.316. The Balaban J connectivity index is 1.62. The van der Waals surface area contributed by atoms with Crippen molar-refractivity contribution in [2.75, 3.05) is 11.9 Å². The minimum atomic E-state index is -0.241. The Morgan fingerprint density at radius 1 is 1.35 bits per heavy atom. The van der Waals surface area contributed by atoms with Gasteiger partial charge in [0.2, 0.25) is 0 Å². The van der Waals surface area contributed by atoms with Crippen molar-refractivity contribution in [2.45, 2.75) is 32.9 Å². The maximum absolute atomic E-state index is 12.7. The molecule has 0 spiro atoms. The quantitative estimate of drug-likeness (QED) is 0.731. The molecule has 0 fully saturated rings. The van der Waals surface area contributed by atoms with Gasteiger partial charge in [0.05, 0.1) is 33.2 Å². The molecule has 5 nitrogen and oxygen atoms in total. The van der Waals surface area contributed by atoms with E-state index < -0.39 is 0 Å². The average molecular weight is 384 g/mol. The number of hydrogen-bond acceptors (Lipinski definition) is 5. The normalized spacial score (nSPS) is 16.5. The molecule has 7 heteroatoms. The molecule has 1 amide bonds. The molecule has 2 N–H and O–H groups in total. The molecule has 1 aliphatic rings. The van der Waals surface area contributed by atoms with Gasteiger partial charge in [0.15, 0.2) is 5.01 Å². The van der Waals surface area contributed by atoms with Crippen LogP contribution in [-0.4, -0.2) is 23.5 Å². The molecule has 26 heavy (non-hydrogen) atoms. The zero-order chi connectivity index (χ0) is 18.3. The van der Waals surface area contributed by atoms with Crippen molar-refractivity contribution in [1.29, 1.82) is 5.26 Å². The highest BCUT2D eigenvalue weighted by molar-refractivity contribution is 7.20. The largest absolute Gasteiger partial charge is 0.328 e. The van der Waals surface area contributed by atoms with E-state index in [0.717, 1.165) is 35.3 Å². The maximum Gasteiger partial charge on any atom is 0.285 e. The summed E-state index contributed by atoms with van der Waals surface area (Å²) in [5.74, 6) is -0.241. The summed E-state index contributed by atoms with van der Waals surface area (Å²) in [5.41, 5.74) is 2.56. The Kier molecular flexibility index (Phi) is 4.49. The topological polar surface area (TPSA) is 70.2 Å². The Bertz CT molecular complexity index is 995. The van der Waals surface area contributed by atoms with Crippen LogP contribution in [0.5, 0.6) is 0 Å². The van der Waals surface area contributed by atoms with Gasteiger partial charge >= 0.3 is 0 Å². The molecule has 4 rings (SSSR count). The minimum Gasteiger partial charge on any atom is -0.328 e. The van der Waals surface area contributed by atoms with Crippen LogP contribution < -0.4 is 10.2 Å². The lowest BCUT2D eigenvalue weighted by molar-refractivity contribution is -0.936. The molecule has 3 heterocycles. The van der Waals surface area contributed by atoms with Crippen molar-refractivity contribution in [3.05, 3.63) is 45.3 Å². The summed E-state index contributed by atoms with van der Waals surface area (Å²) in [6.07, 6.45) is 0.888. The molecule has 0 aliphatic carbocycles. The van der Waals surface area contributed by atoms with Crippen LogP contribution in [0.1, 0.15) is 39.7 Å². The number of aromatic nitrogens is 1. The second kappa shape index (κ2) is 6.80. The van der Waals surface area contributed by atoms with E-state index in [1.165, 1.54) is 32.5 Å². The van der Waals surface area contributed by atoms with Crippen LogP contribution in [0.15, 0.2) is 24.3 Å². The van der Waals surface area contributed by atoms with Crippen molar-refractivity contribution >= 4 is 43.8 Å². The third-order valence-corrected chi connectivity index (χ3v) is 7.00. The Labute approximate surface area is 159 Å². The van der Waals surface area contributed by atoms with E-state index in [4.69, 9.17) is 0 Å². The number of amides is 1. The van der Waals surface area contributed by atoms with E-state index in [2.05, 4.69) is 30.2 Å². The summed E-state index contributed by atoms with van der Waals surface area (Å²) in [4.78, 5) is 19.8. The molecule has 0 radical (unpaired) electrons. The lowest BCUT2D eigenvalue weighted by atomic mass is 10.0. The first-order chi connectivity index (χ1) is 12.6. The second-order valence-electron chi connectivity index (χ2n) is 6.75. The number of nitriles is 1. The highest BCUT2D eigenvalue weighted by Crippen LogP contribution is 2.34. The van der Waals surface area contributed by atoms with Gasteiger partial charge in [0, 0.05) is 6.42 Å².